The minimum atomic E-state index is -1.07. The third kappa shape index (κ3) is 4.74. The minimum Gasteiger partial charge on any atom is -0.480 e. The van der Waals surface area contributed by atoms with Gasteiger partial charge in [0.1, 0.15) is 12.6 Å². The maximum atomic E-state index is 12.4. The summed E-state index contributed by atoms with van der Waals surface area (Å²) < 4.78 is 5.46. The number of pyridine rings is 1. The first-order chi connectivity index (χ1) is 15.1. The van der Waals surface area contributed by atoms with Crippen LogP contribution < -0.4 is 5.32 Å². The Kier molecular flexibility index (Phi) is 6.26. The number of benzene rings is 2. The quantitative estimate of drug-likeness (QED) is 0.568. The molecule has 0 fully saturated rings. The fourth-order valence-corrected chi connectivity index (χ4v) is 4.07. The molecule has 0 saturated carbocycles. The number of hydrogen-bond donors (Lipinski definition) is 2. The van der Waals surface area contributed by atoms with Crippen molar-refractivity contribution >= 4 is 12.1 Å². The second-order valence-electron chi connectivity index (χ2n) is 7.57. The first kappa shape index (κ1) is 20.6. The van der Waals surface area contributed by atoms with Crippen molar-refractivity contribution in [2.75, 3.05) is 6.61 Å². The molecule has 158 valence electrons. The SMILES string of the molecule is O=C(N[C@H](CCCc1ccccn1)C(=O)O)OCC1c2ccccc2-c2ccccc21. The van der Waals surface area contributed by atoms with E-state index in [0.717, 1.165) is 27.9 Å². The molecule has 2 aromatic carbocycles. The van der Waals surface area contributed by atoms with E-state index in [9.17, 15) is 14.7 Å². The highest BCUT2D eigenvalue weighted by Gasteiger charge is 2.29. The first-order valence-corrected chi connectivity index (χ1v) is 10.4. The molecule has 1 atom stereocenters. The summed E-state index contributed by atoms with van der Waals surface area (Å²) in [4.78, 5) is 28.2. The van der Waals surface area contributed by atoms with Crippen LogP contribution in [0, 0.1) is 0 Å². The van der Waals surface area contributed by atoms with Crippen LogP contribution in [0.4, 0.5) is 4.79 Å². The monoisotopic (exact) mass is 416 g/mol. The fraction of sp³-hybridized carbons (Fsp3) is 0.240. The Morgan fingerprint density at radius 3 is 2.23 bits per heavy atom. The van der Waals surface area contributed by atoms with E-state index < -0.39 is 18.1 Å². The van der Waals surface area contributed by atoms with Gasteiger partial charge in [-0.05, 0) is 53.6 Å². The number of aromatic nitrogens is 1. The number of carboxylic acid groups (broad SMARTS) is 1. The number of ether oxygens (including phenoxy) is 1. The second kappa shape index (κ2) is 9.43. The molecule has 0 radical (unpaired) electrons. The molecule has 3 aromatic rings. The number of nitrogens with zero attached hydrogens (tertiary/aromatic N) is 1. The van der Waals surface area contributed by atoms with E-state index in [4.69, 9.17) is 4.74 Å². The third-order valence-electron chi connectivity index (χ3n) is 5.59. The van der Waals surface area contributed by atoms with Crippen molar-refractivity contribution < 1.29 is 19.4 Å². The van der Waals surface area contributed by atoms with Crippen molar-refractivity contribution in [2.24, 2.45) is 0 Å². The van der Waals surface area contributed by atoms with Crippen LogP contribution >= 0.6 is 0 Å². The molecular weight excluding hydrogens is 392 g/mol. The summed E-state index contributed by atoms with van der Waals surface area (Å²) in [6, 6.07) is 20.8. The van der Waals surface area contributed by atoms with Crippen molar-refractivity contribution in [3.05, 3.63) is 89.7 Å². The standard InChI is InChI=1S/C25H24N2O4/c28-24(29)23(14-7-9-17-8-5-6-15-26-17)27-25(30)31-16-22-20-12-3-1-10-18(20)19-11-2-4-13-21(19)22/h1-6,8,10-13,15,22-23H,7,9,14,16H2,(H,27,30)(H,28,29)/t23-/m1/s1. The van der Waals surface area contributed by atoms with Crippen LogP contribution in [0.3, 0.4) is 0 Å². The Balaban J connectivity index is 1.34. The molecule has 0 unspecified atom stereocenters. The Bertz CT molecular complexity index is 1020. The number of rotatable bonds is 8. The van der Waals surface area contributed by atoms with Gasteiger partial charge in [0.05, 0.1) is 0 Å². The highest BCUT2D eigenvalue weighted by atomic mass is 16.5. The Morgan fingerprint density at radius 2 is 1.61 bits per heavy atom. The van der Waals surface area contributed by atoms with Crippen LogP contribution in [-0.2, 0) is 16.0 Å². The summed E-state index contributed by atoms with van der Waals surface area (Å²) >= 11 is 0. The zero-order valence-corrected chi connectivity index (χ0v) is 17.0. The lowest BCUT2D eigenvalue weighted by atomic mass is 9.98. The predicted octanol–water partition coefficient (Wildman–Crippen LogP) is 4.40. The number of aliphatic carboxylic acids is 1. The van der Waals surface area contributed by atoms with Gasteiger partial charge >= 0.3 is 12.1 Å². The van der Waals surface area contributed by atoms with E-state index >= 15 is 0 Å². The highest BCUT2D eigenvalue weighted by Crippen LogP contribution is 2.44. The number of aryl methyl sites for hydroxylation is 1. The molecule has 1 aliphatic carbocycles. The maximum Gasteiger partial charge on any atom is 0.407 e. The molecule has 6 heteroatoms. The number of nitrogens with one attached hydrogen (secondary N) is 1. The zero-order valence-electron chi connectivity index (χ0n) is 17.0. The summed E-state index contributed by atoms with van der Waals surface area (Å²) in [5.41, 5.74) is 5.41. The Morgan fingerprint density at radius 1 is 0.968 bits per heavy atom. The van der Waals surface area contributed by atoms with Gasteiger partial charge in [0.2, 0.25) is 0 Å². The highest BCUT2D eigenvalue weighted by molar-refractivity contribution is 5.81. The van der Waals surface area contributed by atoms with E-state index in [0.29, 0.717) is 19.3 Å². The lowest BCUT2D eigenvalue weighted by Gasteiger charge is -2.17. The lowest BCUT2D eigenvalue weighted by molar-refractivity contribution is -0.139. The van der Waals surface area contributed by atoms with Gasteiger partial charge in [-0.2, -0.15) is 0 Å². The van der Waals surface area contributed by atoms with Gasteiger partial charge in [-0.25, -0.2) is 9.59 Å². The molecule has 1 amide bonds. The predicted molar refractivity (Wildman–Crippen MR) is 117 cm³/mol. The Hall–Kier alpha value is -3.67. The van der Waals surface area contributed by atoms with Crippen molar-refractivity contribution in [1.82, 2.24) is 10.3 Å². The van der Waals surface area contributed by atoms with Gasteiger partial charge in [0.25, 0.3) is 0 Å². The summed E-state index contributed by atoms with van der Waals surface area (Å²) in [5, 5.41) is 12.0. The molecule has 4 rings (SSSR count). The molecule has 1 aliphatic rings. The molecule has 1 heterocycles. The van der Waals surface area contributed by atoms with Crippen LogP contribution in [-0.4, -0.2) is 34.8 Å². The van der Waals surface area contributed by atoms with Crippen molar-refractivity contribution in [2.45, 2.75) is 31.2 Å². The Labute approximate surface area is 180 Å². The number of fused-ring (bicyclic) bond motifs is 3. The number of hydrogen-bond acceptors (Lipinski definition) is 4. The van der Waals surface area contributed by atoms with Crippen molar-refractivity contribution in [3.63, 3.8) is 0 Å². The van der Waals surface area contributed by atoms with Gasteiger partial charge in [-0.3, -0.25) is 4.98 Å². The smallest absolute Gasteiger partial charge is 0.407 e. The second-order valence-corrected chi connectivity index (χ2v) is 7.57. The molecule has 0 aliphatic heterocycles. The largest absolute Gasteiger partial charge is 0.480 e. The average Bonchev–Trinajstić information content (AvgIpc) is 3.11. The number of alkyl carbamates (subject to hydrolysis) is 1. The molecule has 0 bridgehead atoms. The summed E-state index contributed by atoms with van der Waals surface area (Å²) in [6.45, 7) is 0.153. The van der Waals surface area contributed by atoms with Crippen LogP contribution in [0.5, 0.6) is 0 Å². The van der Waals surface area contributed by atoms with E-state index in [1.807, 2.05) is 54.6 Å². The molecular formula is C25H24N2O4. The van der Waals surface area contributed by atoms with Crippen LogP contribution in [0.2, 0.25) is 0 Å². The summed E-state index contributed by atoms with van der Waals surface area (Å²) in [7, 11) is 0. The lowest BCUT2D eigenvalue weighted by Crippen LogP contribution is -2.41. The van der Waals surface area contributed by atoms with Gasteiger partial charge in [0.15, 0.2) is 0 Å². The number of carboxylic acids is 1. The van der Waals surface area contributed by atoms with E-state index in [1.165, 1.54) is 0 Å². The fourth-order valence-electron chi connectivity index (χ4n) is 4.07. The maximum absolute atomic E-state index is 12.4. The zero-order chi connectivity index (χ0) is 21.6. The van der Waals surface area contributed by atoms with E-state index in [1.54, 1.807) is 6.20 Å². The number of carbonyl (C=O) groups excluding carboxylic acids is 1. The number of carbonyl (C=O) groups is 2. The first-order valence-electron chi connectivity index (χ1n) is 10.4. The molecule has 31 heavy (non-hydrogen) atoms. The summed E-state index contributed by atoms with van der Waals surface area (Å²) in [6.07, 6.45) is 2.54. The average molecular weight is 416 g/mol. The van der Waals surface area contributed by atoms with Crippen LogP contribution in [0.25, 0.3) is 11.1 Å². The van der Waals surface area contributed by atoms with Gasteiger partial charge < -0.3 is 15.2 Å². The molecule has 0 saturated heterocycles. The summed E-state index contributed by atoms with van der Waals surface area (Å²) in [5.74, 6) is -1.14. The topological polar surface area (TPSA) is 88.5 Å². The van der Waals surface area contributed by atoms with Crippen LogP contribution in [0.15, 0.2) is 72.9 Å². The minimum absolute atomic E-state index is 0.0643. The van der Waals surface area contributed by atoms with Crippen molar-refractivity contribution in [1.29, 1.82) is 0 Å². The molecule has 0 spiro atoms. The van der Waals surface area contributed by atoms with Gasteiger partial charge in [-0.15, -0.1) is 0 Å². The van der Waals surface area contributed by atoms with Gasteiger partial charge in [-0.1, -0.05) is 54.6 Å². The molecule has 1 aromatic heterocycles. The van der Waals surface area contributed by atoms with E-state index in [-0.39, 0.29) is 12.5 Å². The van der Waals surface area contributed by atoms with Crippen LogP contribution in [0.1, 0.15) is 35.6 Å². The normalized spacial score (nSPS) is 13.2. The molecule has 6 nitrogen and oxygen atoms in total. The van der Waals surface area contributed by atoms with Crippen molar-refractivity contribution in [3.8, 4) is 11.1 Å². The van der Waals surface area contributed by atoms with E-state index in [2.05, 4.69) is 22.4 Å². The van der Waals surface area contributed by atoms with Gasteiger partial charge in [0, 0.05) is 17.8 Å². The third-order valence-corrected chi connectivity index (χ3v) is 5.59. The molecule has 2 N–H and O–H groups in total. The number of amides is 1.